The van der Waals surface area contributed by atoms with Crippen LogP contribution in [0.5, 0.6) is 0 Å². The number of urea groups is 1. The summed E-state index contributed by atoms with van der Waals surface area (Å²) in [6.45, 7) is 3.42. The summed E-state index contributed by atoms with van der Waals surface area (Å²) in [6, 6.07) is -0.478. The van der Waals surface area contributed by atoms with Crippen molar-refractivity contribution in [2.75, 3.05) is 0 Å². The van der Waals surface area contributed by atoms with Gasteiger partial charge in [0, 0.05) is 16.6 Å². The number of aromatic amines is 1. The molecule has 0 fully saturated rings. The highest BCUT2D eigenvalue weighted by Crippen LogP contribution is 2.07. The van der Waals surface area contributed by atoms with Crippen molar-refractivity contribution in [3.05, 3.63) is 20.7 Å². The Morgan fingerprint density at radius 2 is 2.17 bits per heavy atom. The molecule has 0 atom stereocenters. The van der Waals surface area contributed by atoms with Gasteiger partial charge in [0.1, 0.15) is 0 Å². The van der Waals surface area contributed by atoms with E-state index in [9.17, 15) is 14.4 Å². The van der Waals surface area contributed by atoms with Gasteiger partial charge in [0.15, 0.2) is 0 Å². The topological polar surface area (TPSA) is 111 Å². The molecule has 4 N–H and O–H groups in total. The van der Waals surface area contributed by atoms with E-state index in [0.717, 1.165) is 11.3 Å². The van der Waals surface area contributed by atoms with Crippen molar-refractivity contribution < 1.29 is 14.7 Å². The number of amides is 2. The van der Waals surface area contributed by atoms with E-state index < -0.39 is 17.5 Å². The number of hydrogen-bond acceptors (Lipinski definition) is 4. The minimum absolute atomic E-state index is 0.171. The number of hydrogen-bond donors (Lipinski definition) is 4. The number of carbonyl (C=O) groups is 2. The Bertz CT molecular complexity index is 491. The molecule has 8 heteroatoms. The molecule has 0 bridgehead atoms. The first-order valence-electron chi connectivity index (χ1n) is 5.23. The second-order valence-corrected chi connectivity index (χ2v) is 5.28. The van der Waals surface area contributed by atoms with E-state index in [2.05, 4.69) is 15.6 Å². The zero-order valence-corrected chi connectivity index (χ0v) is 10.9. The summed E-state index contributed by atoms with van der Waals surface area (Å²) in [4.78, 5) is 35.3. The van der Waals surface area contributed by atoms with E-state index in [0.29, 0.717) is 5.69 Å². The Kier molecular flexibility index (Phi) is 4.49. The predicted octanol–water partition coefficient (Wildman–Crippen LogP) is 0.489. The zero-order valence-electron chi connectivity index (χ0n) is 10.1. The first kappa shape index (κ1) is 14.2. The van der Waals surface area contributed by atoms with Crippen molar-refractivity contribution >= 4 is 23.3 Å². The van der Waals surface area contributed by atoms with Gasteiger partial charge in [-0.1, -0.05) is 11.3 Å². The van der Waals surface area contributed by atoms with Crippen molar-refractivity contribution in [1.82, 2.24) is 15.6 Å². The molecule has 0 spiro atoms. The Balaban J connectivity index is 2.42. The fourth-order valence-corrected chi connectivity index (χ4v) is 1.93. The van der Waals surface area contributed by atoms with Gasteiger partial charge in [0.05, 0.1) is 13.0 Å². The van der Waals surface area contributed by atoms with E-state index in [1.165, 1.54) is 0 Å². The van der Waals surface area contributed by atoms with Crippen molar-refractivity contribution in [2.24, 2.45) is 0 Å². The summed E-state index contributed by atoms with van der Waals surface area (Å²) >= 11 is 1.02. The molecule has 0 unspecified atom stereocenters. The summed E-state index contributed by atoms with van der Waals surface area (Å²) in [5.41, 5.74) is -0.228. The average molecular weight is 273 g/mol. The second-order valence-electron chi connectivity index (χ2n) is 4.44. The number of rotatable bonds is 5. The summed E-state index contributed by atoms with van der Waals surface area (Å²) in [5, 5.41) is 15.4. The van der Waals surface area contributed by atoms with Gasteiger partial charge in [-0.3, -0.25) is 9.59 Å². The van der Waals surface area contributed by atoms with Crippen LogP contribution < -0.4 is 15.5 Å². The molecule has 0 aromatic carbocycles. The highest BCUT2D eigenvalue weighted by atomic mass is 32.1. The molecule has 1 aromatic rings. The molecule has 0 saturated carbocycles. The second kappa shape index (κ2) is 5.67. The van der Waals surface area contributed by atoms with Crippen LogP contribution in [0.4, 0.5) is 4.79 Å². The number of carboxylic acids is 1. The van der Waals surface area contributed by atoms with Gasteiger partial charge in [-0.15, -0.1) is 0 Å². The van der Waals surface area contributed by atoms with Crippen molar-refractivity contribution in [1.29, 1.82) is 0 Å². The number of carboxylic acid groups (broad SMARTS) is 1. The minimum Gasteiger partial charge on any atom is -0.481 e. The number of H-pyrrole nitrogens is 1. The van der Waals surface area contributed by atoms with Crippen LogP contribution in [0.3, 0.4) is 0 Å². The normalized spacial score (nSPS) is 11.0. The number of aromatic nitrogens is 1. The summed E-state index contributed by atoms with van der Waals surface area (Å²) < 4.78 is 0. The minimum atomic E-state index is -0.984. The van der Waals surface area contributed by atoms with Crippen LogP contribution in [0.15, 0.2) is 10.2 Å². The Labute approximate surface area is 107 Å². The van der Waals surface area contributed by atoms with Crippen LogP contribution in [0.25, 0.3) is 0 Å². The maximum Gasteiger partial charge on any atom is 0.315 e. The van der Waals surface area contributed by atoms with E-state index in [-0.39, 0.29) is 17.8 Å². The van der Waals surface area contributed by atoms with Gasteiger partial charge in [0.2, 0.25) is 0 Å². The molecule has 2 amide bonds. The average Bonchev–Trinajstić information content (AvgIpc) is 2.58. The van der Waals surface area contributed by atoms with Crippen LogP contribution in [0.1, 0.15) is 26.0 Å². The van der Waals surface area contributed by atoms with Crippen LogP contribution >= 0.6 is 11.3 Å². The lowest BCUT2D eigenvalue weighted by atomic mass is 10.0. The third-order valence-corrected chi connectivity index (χ3v) is 2.77. The van der Waals surface area contributed by atoms with Crippen molar-refractivity contribution in [3.63, 3.8) is 0 Å². The SMILES string of the molecule is CC(C)(CC(=O)O)NC(=O)NCc1csc(=O)[nH]1. The predicted molar refractivity (Wildman–Crippen MR) is 66.6 cm³/mol. The third kappa shape index (κ3) is 5.00. The fraction of sp³-hybridized carbons (Fsp3) is 0.500. The standard InChI is InChI=1S/C10H15N3O4S/c1-10(2,3-7(14)15)13-8(16)11-4-6-5-18-9(17)12-6/h5H,3-4H2,1-2H3,(H,12,17)(H,14,15)(H2,11,13,16). The fourth-order valence-electron chi connectivity index (χ4n) is 1.35. The number of thiazole rings is 1. The first-order chi connectivity index (χ1) is 8.28. The lowest BCUT2D eigenvalue weighted by molar-refractivity contribution is -0.138. The molecule has 0 aliphatic rings. The Hall–Kier alpha value is -1.83. The molecule has 100 valence electrons. The van der Waals surface area contributed by atoms with E-state index >= 15 is 0 Å². The van der Waals surface area contributed by atoms with Gasteiger partial charge in [-0.2, -0.15) is 0 Å². The van der Waals surface area contributed by atoms with Gasteiger partial charge >= 0.3 is 16.9 Å². The molecule has 1 aromatic heterocycles. The molecule has 1 heterocycles. The number of carbonyl (C=O) groups excluding carboxylic acids is 1. The smallest absolute Gasteiger partial charge is 0.315 e. The first-order valence-corrected chi connectivity index (χ1v) is 6.11. The molecule has 0 radical (unpaired) electrons. The van der Waals surface area contributed by atoms with E-state index in [1.54, 1.807) is 19.2 Å². The number of nitrogens with one attached hydrogen (secondary N) is 3. The lowest BCUT2D eigenvalue weighted by Gasteiger charge is -2.24. The maximum absolute atomic E-state index is 11.5. The van der Waals surface area contributed by atoms with Gasteiger partial charge in [-0.25, -0.2) is 4.79 Å². The Morgan fingerprint density at radius 1 is 1.50 bits per heavy atom. The van der Waals surface area contributed by atoms with Crippen molar-refractivity contribution in [3.8, 4) is 0 Å². The largest absolute Gasteiger partial charge is 0.481 e. The summed E-state index contributed by atoms with van der Waals surface area (Å²) in [6.07, 6.45) is -0.171. The highest BCUT2D eigenvalue weighted by Gasteiger charge is 2.23. The van der Waals surface area contributed by atoms with E-state index in [4.69, 9.17) is 5.11 Å². The van der Waals surface area contributed by atoms with Gasteiger partial charge < -0.3 is 20.7 Å². The molecule has 1 rings (SSSR count). The van der Waals surface area contributed by atoms with Gasteiger partial charge in [-0.05, 0) is 13.8 Å². The van der Waals surface area contributed by atoms with Crippen molar-refractivity contribution in [2.45, 2.75) is 32.4 Å². The quantitative estimate of drug-likeness (QED) is 0.625. The van der Waals surface area contributed by atoms with Crippen LogP contribution in [-0.2, 0) is 11.3 Å². The molecule has 0 saturated heterocycles. The van der Waals surface area contributed by atoms with Gasteiger partial charge in [0.25, 0.3) is 0 Å². The van der Waals surface area contributed by atoms with Crippen LogP contribution in [0, 0.1) is 0 Å². The van der Waals surface area contributed by atoms with E-state index in [1.807, 2.05) is 0 Å². The molecule has 0 aliphatic carbocycles. The van der Waals surface area contributed by atoms with Crippen LogP contribution in [0.2, 0.25) is 0 Å². The van der Waals surface area contributed by atoms with Crippen LogP contribution in [-0.4, -0.2) is 27.6 Å². The molecule has 0 aliphatic heterocycles. The number of aliphatic carboxylic acids is 1. The maximum atomic E-state index is 11.5. The monoisotopic (exact) mass is 273 g/mol. The molecular weight excluding hydrogens is 258 g/mol. The third-order valence-electron chi connectivity index (χ3n) is 2.06. The molecule has 7 nitrogen and oxygen atoms in total. The zero-order chi connectivity index (χ0) is 13.8. The highest BCUT2D eigenvalue weighted by molar-refractivity contribution is 7.07. The summed E-state index contributed by atoms with van der Waals surface area (Å²) in [5.74, 6) is -0.984. The molecular formula is C10H15N3O4S. The molecule has 18 heavy (non-hydrogen) atoms. The Morgan fingerprint density at radius 3 is 2.67 bits per heavy atom. The summed E-state index contributed by atoms with van der Waals surface area (Å²) in [7, 11) is 0. The lowest BCUT2D eigenvalue weighted by Crippen LogP contribution is -2.49.